The topological polar surface area (TPSA) is 46.9 Å². The third-order valence-corrected chi connectivity index (χ3v) is 8.89. The summed E-state index contributed by atoms with van der Waals surface area (Å²) in [6.07, 6.45) is 14.8. The van der Waals surface area contributed by atoms with Gasteiger partial charge in [0.1, 0.15) is 0 Å². The van der Waals surface area contributed by atoms with Crippen molar-refractivity contribution in [3.63, 3.8) is 0 Å². The van der Waals surface area contributed by atoms with Crippen LogP contribution in [0.1, 0.15) is 113 Å². The van der Waals surface area contributed by atoms with Crippen LogP contribution in [0.3, 0.4) is 0 Å². The third kappa shape index (κ3) is 2.77. The van der Waals surface area contributed by atoms with E-state index in [9.17, 15) is 4.79 Å². The first kappa shape index (κ1) is 18.7. The maximum Gasteiger partial charge on any atom is 0.272 e. The molecule has 4 heteroatoms. The molecule has 0 aliphatic heterocycles. The maximum absolute atomic E-state index is 13.5. The highest BCUT2D eigenvalue weighted by Gasteiger charge is 2.59. The second kappa shape index (κ2) is 6.60. The second-order valence-corrected chi connectivity index (χ2v) is 11.0. The lowest BCUT2D eigenvalue weighted by atomic mass is 9.68. The first-order valence-corrected chi connectivity index (χ1v) is 11.8. The summed E-state index contributed by atoms with van der Waals surface area (Å²) in [5.41, 5.74) is 3.84. The largest absolute Gasteiger partial charge is 0.347 e. The first-order valence-electron chi connectivity index (χ1n) is 11.8. The van der Waals surface area contributed by atoms with Crippen molar-refractivity contribution < 1.29 is 4.79 Å². The average molecular weight is 384 g/mol. The van der Waals surface area contributed by atoms with Gasteiger partial charge in [0.25, 0.3) is 5.91 Å². The molecule has 4 aliphatic carbocycles. The van der Waals surface area contributed by atoms with Gasteiger partial charge in [-0.25, -0.2) is 0 Å². The Morgan fingerprint density at radius 2 is 1.79 bits per heavy atom. The number of carbonyl (C=O) groups excluding carboxylic acids is 1. The number of amides is 1. The molecule has 154 valence electrons. The normalized spacial score (nSPS) is 34.4. The molecule has 0 aromatic carbocycles. The number of fused-ring (bicyclic) bond motifs is 3. The third-order valence-electron chi connectivity index (χ3n) is 8.89. The minimum atomic E-state index is 0.0968. The molecule has 1 heterocycles. The van der Waals surface area contributed by atoms with Crippen LogP contribution in [-0.4, -0.2) is 21.7 Å². The summed E-state index contributed by atoms with van der Waals surface area (Å²) in [5.74, 6) is 0.844. The van der Waals surface area contributed by atoms with Gasteiger partial charge in [0, 0.05) is 17.3 Å². The van der Waals surface area contributed by atoms with Gasteiger partial charge in [-0.2, -0.15) is 5.10 Å². The zero-order valence-electron chi connectivity index (χ0n) is 18.0. The Kier molecular flexibility index (Phi) is 4.41. The van der Waals surface area contributed by atoms with Crippen molar-refractivity contribution >= 4 is 5.91 Å². The highest BCUT2D eigenvalue weighted by atomic mass is 16.2. The number of aromatic nitrogens is 2. The zero-order chi connectivity index (χ0) is 19.5. The van der Waals surface area contributed by atoms with Crippen molar-refractivity contribution in [1.82, 2.24) is 15.1 Å². The summed E-state index contributed by atoms with van der Waals surface area (Å²) < 4.78 is 2.29. The van der Waals surface area contributed by atoms with Crippen LogP contribution in [0.15, 0.2) is 0 Å². The maximum atomic E-state index is 13.5. The lowest BCUT2D eigenvalue weighted by Crippen LogP contribution is -2.52. The molecule has 3 fully saturated rings. The summed E-state index contributed by atoms with van der Waals surface area (Å²) in [6.45, 7) is 7.12. The number of hydrogen-bond acceptors (Lipinski definition) is 2. The Morgan fingerprint density at radius 1 is 1.04 bits per heavy atom. The SMILES string of the molecule is CC12CCC(C1)C(C)(C)[C@@H]2NC(=O)c1nn(C2CCCCC2)c2c1CCCC2. The van der Waals surface area contributed by atoms with Crippen LogP contribution in [0.2, 0.25) is 0 Å². The van der Waals surface area contributed by atoms with E-state index in [2.05, 4.69) is 30.8 Å². The van der Waals surface area contributed by atoms with Gasteiger partial charge in [-0.1, -0.05) is 40.0 Å². The van der Waals surface area contributed by atoms with Gasteiger partial charge in [-0.3, -0.25) is 9.48 Å². The number of hydrogen-bond donors (Lipinski definition) is 1. The Labute approximate surface area is 169 Å². The van der Waals surface area contributed by atoms with E-state index >= 15 is 0 Å². The van der Waals surface area contributed by atoms with E-state index < -0.39 is 0 Å². The predicted molar refractivity (Wildman–Crippen MR) is 111 cm³/mol. The average Bonchev–Trinajstić information content (AvgIpc) is 3.33. The zero-order valence-corrected chi connectivity index (χ0v) is 18.0. The van der Waals surface area contributed by atoms with E-state index in [0.29, 0.717) is 6.04 Å². The minimum absolute atomic E-state index is 0.0968. The highest BCUT2D eigenvalue weighted by Crippen LogP contribution is 2.62. The fraction of sp³-hybridized carbons (Fsp3) is 0.833. The standard InChI is InChI=1S/C24H37N3O/c1-23(2)16-13-14-24(3,15-16)22(23)25-21(28)20-18-11-7-8-12-19(18)27(26-20)17-9-5-4-6-10-17/h16-17,22H,4-15H2,1-3H3,(H,25,28)/t16?,22-,24?/m0/s1. The second-order valence-electron chi connectivity index (χ2n) is 11.0. The van der Waals surface area contributed by atoms with Gasteiger partial charge in [-0.15, -0.1) is 0 Å². The molecule has 0 saturated heterocycles. The molecule has 1 aromatic heterocycles. The number of nitrogens with one attached hydrogen (secondary N) is 1. The van der Waals surface area contributed by atoms with Crippen LogP contribution in [0, 0.1) is 16.7 Å². The van der Waals surface area contributed by atoms with Crippen molar-refractivity contribution in [2.45, 2.75) is 110 Å². The van der Waals surface area contributed by atoms with Crippen LogP contribution < -0.4 is 5.32 Å². The first-order chi connectivity index (χ1) is 13.4. The van der Waals surface area contributed by atoms with E-state index in [4.69, 9.17) is 5.10 Å². The van der Waals surface area contributed by atoms with E-state index in [1.165, 1.54) is 75.5 Å². The summed E-state index contributed by atoms with van der Waals surface area (Å²) in [6, 6.07) is 0.781. The Bertz CT molecular complexity index is 768. The minimum Gasteiger partial charge on any atom is -0.347 e. The van der Waals surface area contributed by atoms with Gasteiger partial charge in [0.15, 0.2) is 5.69 Å². The van der Waals surface area contributed by atoms with Crippen LogP contribution >= 0.6 is 0 Å². The lowest BCUT2D eigenvalue weighted by molar-refractivity contribution is 0.0731. The Balaban J connectivity index is 1.44. The summed E-state index contributed by atoms with van der Waals surface area (Å²) in [4.78, 5) is 13.5. The molecule has 5 rings (SSSR count). The van der Waals surface area contributed by atoms with Gasteiger partial charge in [0.2, 0.25) is 0 Å². The van der Waals surface area contributed by atoms with Gasteiger partial charge < -0.3 is 5.32 Å². The van der Waals surface area contributed by atoms with E-state index in [-0.39, 0.29) is 22.8 Å². The predicted octanol–water partition coefficient (Wildman–Crippen LogP) is 5.21. The molecule has 4 nitrogen and oxygen atoms in total. The smallest absolute Gasteiger partial charge is 0.272 e. The Morgan fingerprint density at radius 3 is 2.50 bits per heavy atom. The van der Waals surface area contributed by atoms with Gasteiger partial charge >= 0.3 is 0 Å². The molecule has 1 N–H and O–H groups in total. The molecule has 1 amide bonds. The van der Waals surface area contributed by atoms with Crippen molar-refractivity contribution in [3.05, 3.63) is 17.0 Å². The molecule has 3 atom stereocenters. The fourth-order valence-corrected chi connectivity index (χ4v) is 7.30. The molecule has 4 aliphatic rings. The molecule has 2 unspecified atom stereocenters. The van der Waals surface area contributed by atoms with Crippen LogP contribution in [-0.2, 0) is 12.8 Å². The molecule has 1 aromatic rings. The van der Waals surface area contributed by atoms with Crippen molar-refractivity contribution in [1.29, 1.82) is 0 Å². The van der Waals surface area contributed by atoms with Crippen molar-refractivity contribution in [2.75, 3.05) is 0 Å². The van der Waals surface area contributed by atoms with Crippen LogP contribution in [0.5, 0.6) is 0 Å². The molecule has 0 spiro atoms. The molecular weight excluding hydrogens is 346 g/mol. The summed E-state index contributed by atoms with van der Waals surface area (Å²) >= 11 is 0. The molecule has 3 saturated carbocycles. The number of rotatable bonds is 3. The number of nitrogens with zero attached hydrogens (tertiary/aromatic N) is 2. The quantitative estimate of drug-likeness (QED) is 0.778. The molecule has 28 heavy (non-hydrogen) atoms. The van der Waals surface area contributed by atoms with E-state index in [1.807, 2.05) is 0 Å². The fourth-order valence-electron chi connectivity index (χ4n) is 7.30. The molecule has 0 radical (unpaired) electrons. The lowest BCUT2D eigenvalue weighted by Gasteiger charge is -2.43. The molecular formula is C24H37N3O. The Hall–Kier alpha value is -1.32. The number of carbonyl (C=O) groups is 1. The van der Waals surface area contributed by atoms with Crippen LogP contribution in [0.4, 0.5) is 0 Å². The van der Waals surface area contributed by atoms with Crippen molar-refractivity contribution in [2.24, 2.45) is 16.7 Å². The summed E-state index contributed by atoms with van der Waals surface area (Å²) in [7, 11) is 0. The van der Waals surface area contributed by atoms with Crippen LogP contribution in [0.25, 0.3) is 0 Å². The van der Waals surface area contributed by atoms with Gasteiger partial charge in [0.05, 0.1) is 6.04 Å². The van der Waals surface area contributed by atoms with Crippen molar-refractivity contribution in [3.8, 4) is 0 Å². The van der Waals surface area contributed by atoms with E-state index in [1.54, 1.807) is 0 Å². The highest BCUT2D eigenvalue weighted by molar-refractivity contribution is 5.94. The molecule has 2 bridgehead atoms. The van der Waals surface area contributed by atoms with E-state index in [0.717, 1.165) is 24.5 Å². The van der Waals surface area contributed by atoms with Gasteiger partial charge in [-0.05, 0) is 74.5 Å². The summed E-state index contributed by atoms with van der Waals surface area (Å²) in [5, 5.41) is 8.50. The monoisotopic (exact) mass is 383 g/mol.